The summed E-state index contributed by atoms with van der Waals surface area (Å²) in [7, 11) is 0. The third kappa shape index (κ3) is 4.39. The molecule has 0 heterocycles. The Kier molecular flexibility index (Phi) is 5.21. The molecule has 0 spiro atoms. The van der Waals surface area contributed by atoms with Crippen LogP contribution in [-0.4, -0.2) is 22.4 Å². The first kappa shape index (κ1) is 15.7. The Morgan fingerprint density at radius 1 is 1.18 bits per heavy atom. The molecule has 3 N–H and O–H groups in total. The lowest BCUT2D eigenvalue weighted by Crippen LogP contribution is -2.24. The van der Waals surface area contributed by atoms with Gasteiger partial charge in [-0.15, -0.1) is 0 Å². The maximum absolute atomic E-state index is 10.7. The van der Waals surface area contributed by atoms with Crippen LogP contribution in [0.2, 0.25) is 0 Å². The van der Waals surface area contributed by atoms with Crippen LogP contribution in [0.15, 0.2) is 53.6 Å². The summed E-state index contributed by atoms with van der Waals surface area (Å²) in [6.07, 6.45) is 1.57. The highest BCUT2D eigenvalue weighted by atomic mass is 32.1. The highest BCUT2D eigenvalue weighted by molar-refractivity contribution is 7.80. The number of hydrogen-bond acceptors (Lipinski definition) is 3. The third-order valence-corrected chi connectivity index (χ3v) is 3.12. The predicted molar refractivity (Wildman–Crippen MR) is 91.5 cm³/mol. The molecule has 2 rings (SSSR count). The average Bonchev–Trinajstić information content (AvgIpc) is 2.50. The van der Waals surface area contributed by atoms with Gasteiger partial charge in [-0.1, -0.05) is 30.3 Å². The molecule has 22 heavy (non-hydrogen) atoms. The van der Waals surface area contributed by atoms with Crippen LogP contribution in [0.4, 0.5) is 5.69 Å². The van der Waals surface area contributed by atoms with E-state index in [0.29, 0.717) is 5.11 Å². The summed E-state index contributed by atoms with van der Waals surface area (Å²) in [5.41, 5.74) is 5.73. The lowest BCUT2D eigenvalue weighted by molar-refractivity contribution is 0.0697. The predicted octanol–water partition coefficient (Wildman–Crippen LogP) is 3.01. The lowest BCUT2D eigenvalue weighted by atomic mass is 10.1. The second-order valence-corrected chi connectivity index (χ2v) is 4.97. The van der Waals surface area contributed by atoms with E-state index in [4.69, 9.17) is 17.3 Å². The first-order valence-corrected chi connectivity index (χ1v) is 6.96. The monoisotopic (exact) mass is 313 g/mol. The van der Waals surface area contributed by atoms with Crippen LogP contribution in [0.25, 0.3) is 0 Å². The number of hydrazone groups is 1. The topological polar surface area (TPSA) is 73.7 Å². The highest BCUT2D eigenvalue weighted by Crippen LogP contribution is 2.12. The summed E-state index contributed by atoms with van der Waals surface area (Å²) in [6, 6.07) is 14.2. The van der Waals surface area contributed by atoms with Gasteiger partial charge in [0.15, 0.2) is 5.11 Å². The van der Waals surface area contributed by atoms with E-state index in [2.05, 4.69) is 15.8 Å². The van der Waals surface area contributed by atoms with Crippen molar-refractivity contribution in [2.24, 2.45) is 5.10 Å². The molecule has 0 aliphatic heterocycles. The minimum Gasteiger partial charge on any atom is -0.478 e. The first-order chi connectivity index (χ1) is 10.6. The molecule has 0 saturated carbocycles. The molecule has 0 unspecified atom stereocenters. The SMILES string of the molecule is Cc1ccccc1NC(=S)N/N=C\c1ccc(C(=O)O)cc1. The maximum atomic E-state index is 10.7. The van der Waals surface area contributed by atoms with Gasteiger partial charge in [-0.05, 0) is 48.5 Å². The van der Waals surface area contributed by atoms with Crippen molar-refractivity contribution in [1.82, 2.24) is 5.43 Å². The van der Waals surface area contributed by atoms with Crippen LogP contribution in [0.5, 0.6) is 0 Å². The molecule has 0 aliphatic rings. The Morgan fingerprint density at radius 2 is 1.86 bits per heavy atom. The number of nitrogens with one attached hydrogen (secondary N) is 2. The molecule has 0 atom stereocenters. The highest BCUT2D eigenvalue weighted by Gasteiger charge is 2.01. The number of carboxylic acids is 1. The van der Waals surface area contributed by atoms with Crippen LogP contribution in [0, 0.1) is 6.92 Å². The van der Waals surface area contributed by atoms with E-state index in [-0.39, 0.29) is 5.56 Å². The Hall–Kier alpha value is -2.73. The summed E-state index contributed by atoms with van der Waals surface area (Å²) in [5.74, 6) is -0.953. The van der Waals surface area contributed by atoms with Gasteiger partial charge in [0.1, 0.15) is 0 Å². The summed E-state index contributed by atoms with van der Waals surface area (Å²) in [4.78, 5) is 10.7. The standard InChI is InChI=1S/C16H15N3O2S/c1-11-4-2-3-5-14(11)18-16(22)19-17-10-12-6-8-13(9-7-12)15(20)21/h2-10H,1H3,(H,20,21)(H2,18,19,22)/b17-10-. The number of benzene rings is 2. The van der Waals surface area contributed by atoms with Crippen molar-refractivity contribution in [2.45, 2.75) is 6.92 Å². The Labute approximate surface area is 133 Å². The molecule has 6 heteroatoms. The number of hydrogen-bond donors (Lipinski definition) is 3. The number of thiocarbonyl (C=S) groups is 1. The van der Waals surface area contributed by atoms with Crippen molar-refractivity contribution in [2.75, 3.05) is 5.32 Å². The van der Waals surface area contributed by atoms with Crippen molar-refractivity contribution < 1.29 is 9.90 Å². The summed E-state index contributed by atoms with van der Waals surface area (Å²) >= 11 is 5.15. The van der Waals surface area contributed by atoms with Gasteiger partial charge in [0.05, 0.1) is 11.8 Å². The third-order valence-electron chi connectivity index (χ3n) is 2.93. The number of aromatic carboxylic acids is 1. The molecular weight excluding hydrogens is 298 g/mol. The van der Waals surface area contributed by atoms with Crippen molar-refractivity contribution in [3.05, 3.63) is 65.2 Å². The number of nitrogens with zero attached hydrogens (tertiary/aromatic N) is 1. The number of carboxylic acid groups (broad SMARTS) is 1. The van der Waals surface area contributed by atoms with Crippen LogP contribution >= 0.6 is 12.2 Å². The molecule has 2 aromatic carbocycles. The zero-order chi connectivity index (χ0) is 15.9. The number of aryl methyl sites for hydroxylation is 1. The summed E-state index contributed by atoms with van der Waals surface area (Å²) in [5, 5.41) is 16.3. The zero-order valence-electron chi connectivity index (χ0n) is 11.9. The van der Waals surface area contributed by atoms with Gasteiger partial charge in [0, 0.05) is 5.69 Å². The summed E-state index contributed by atoms with van der Waals surface area (Å²) < 4.78 is 0. The van der Waals surface area contributed by atoms with E-state index in [1.165, 1.54) is 12.1 Å². The van der Waals surface area contributed by atoms with Crippen LogP contribution in [-0.2, 0) is 0 Å². The minimum atomic E-state index is -0.953. The summed E-state index contributed by atoms with van der Waals surface area (Å²) in [6.45, 7) is 1.98. The fraction of sp³-hybridized carbons (Fsp3) is 0.0625. The first-order valence-electron chi connectivity index (χ1n) is 6.55. The number of rotatable bonds is 4. The van der Waals surface area contributed by atoms with Crippen LogP contribution in [0.3, 0.4) is 0 Å². The molecule has 2 aromatic rings. The van der Waals surface area contributed by atoms with E-state index in [1.54, 1.807) is 18.3 Å². The molecule has 0 radical (unpaired) electrons. The smallest absolute Gasteiger partial charge is 0.335 e. The Balaban J connectivity index is 1.90. The molecule has 5 nitrogen and oxygen atoms in total. The number of para-hydroxylation sites is 1. The second kappa shape index (κ2) is 7.33. The van der Waals surface area contributed by atoms with Crippen molar-refractivity contribution in [3.63, 3.8) is 0 Å². The van der Waals surface area contributed by atoms with E-state index in [1.807, 2.05) is 31.2 Å². The molecule has 0 saturated heterocycles. The molecular formula is C16H15N3O2S. The van der Waals surface area contributed by atoms with E-state index in [0.717, 1.165) is 16.8 Å². The molecule has 0 bridgehead atoms. The van der Waals surface area contributed by atoms with E-state index >= 15 is 0 Å². The largest absolute Gasteiger partial charge is 0.478 e. The van der Waals surface area contributed by atoms with Crippen LogP contribution < -0.4 is 10.7 Å². The molecule has 112 valence electrons. The minimum absolute atomic E-state index is 0.238. The number of carbonyl (C=O) groups is 1. The number of anilines is 1. The molecule has 0 aliphatic carbocycles. The molecule has 0 fully saturated rings. The quantitative estimate of drug-likeness (QED) is 0.460. The Bertz CT molecular complexity index is 712. The van der Waals surface area contributed by atoms with Gasteiger partial charge in [-0.3, -0.25) is 5.43 Å². The van der Waals surface area contributed by atoms with Gasteiger partial charge in [0.25, 0.3) is 0 Å². The van der Waals surface area contributed by atoms with E-state index in [9.17, 15) is 4.79 Å². The average molecular weight is 313 g/mol. The zero-order valence-corrected chi connectivity index (χ0v) is 12.7. The fourth-order valence-electron chi connectivity index (χ4n) is 1.74. The van der Waals surface area contributed by atoms with Crippen LogP contribution in [0.1, 0.15) is 21.5 Å². The maximum Gasteiger partial charge on any atom is 0.335 e. The van der Waals surface area contributed by atoms with Gasteiger partial charge in [-0.2, -0.15) is 5.10 Å². The van der Waals surface area contributed by atoms with Gasteiger partial charge in [-0.25, -0.2) is 4.79 Å². The van der Waals surface area contributed by atoms with Gasteiger partial charge >= 0.3 is 5.97 Å². The van der Waals surface area contributed by atoms with Gasteiger partial charge in [0.2, 0.25) is 0 Å². The normalized spacial score (nSPS) is 10.4. The molecule has 0 amide bonds. The van der Waals surface area contributed by atoms with Crippen molar-refractivity contribution in [3.8, 4) is 0 Å². The lowest BCUT2D eigenvalue weighted by Gasteiger charge is -2.09. The molecule has 0 aromatic heterocycles. The Morgan fingerprint density at radius 3 is 2.50 bits per heavy atom. The van der Waals surface area contributed by atoms with Crippen molar-refractivity contribution in [1.29, 1.82) is 0 Å². The fourth-order valence-corrected chi connectivity index (χ4v) is 1.90. The van der Waals surface area contributed by atoms with Crippen molar-refractivity contribution >= 4 is 35.2 Å². The van der Waals surface area contributed by atoms with E-state index < -0.39 is 5.97 Å². The second-order valence-electron chi connectivity index (χ2n) is 4.57. The van der Waals surface area contributed by atoms with Gasteiger partial charge < -0.3 is 10.4 Å².